The lowest BCUT2D eigenvalue weighted by Crippen LogP contribution is -2.29. The maximum absolute atomic E-state index is 12.5. The molecule has 158 valence electrons. The third-order valence-corrected chi connectivity index (χ3v) is 6.94. The number of rotatable bonds is 5. The number of nitrogens with zero attached hydrogens (tertiary/aromatic N) is 5. The maximum Gasteiger partial charge on any atom is 0.252 e. The third kappa shape index (κ3) is 3.90. The molecule has 0 saturated carbocycles. The van der Waals surface area contributed by atoms with E-state index >= 15 is 0 Å². The largest absolute Gasteiger partial charge is 0.367 e. The van der Waals surface area contributed by atoms with Crippen molar-refractivity contribution in [3.8, 4) is 0 Å². The molecular formula is C23H24N6OS. The Kier molecular flexibility index (Phi) is 5.15. The molecule has 0 spiro atoms. The van der Waals surface area contributed by atoms with E-state index in [4.69, 9.17) is 0 Å². The monoisotopic (exact) mass is 432 g/mol. The van der Waals surface area contributed by atoms with Crippen LogP contribution in [0.4, 0.5) is 11.4 Å². The van der Waals surface area contributed by atoms with Crippen LogP contribution < -0.4 is 10.2 Å². The van der Waals surface area contributed by atoms with Gasteiger partial charge in [0.05, 0.1) is 0 Å². The molecule has 0 aliphatic carbocycles. The molecule has 5 rings (SSSR count). The van der Waals surface area contributed by atoms with Crippen LogP contribution in [-0.2, 0) is 24.2 Å². The van der Waals surface area contributed by atoms with Crippen LogP contribution in [0.25, 0.3) is 5.78 Å². The second-order valence-electron chi connectivity index (χ2n) is 7.87. The van der Waals surface area contributed by atoms with E-state index in [1.807, 2.05) is 37.3 Å². The van der Waals surface area contributed by atoms with Gasteiger partial charge in [0.15, 0.2) is 0 Å². The zero-order valence-corrected chi connectivity index (χ0v) is 18.4. The zero-order valence-electron chi connectivity index (χ0n) is 17.6. The molecule has 0 bridgehead atoms. The highest BCUT2D eigenvalue weighted by atomic mass is 32.1. The van der Waals surface area contributed by atoms with Gasteiger partial charge in [-0.25, -0.2) is 9.50 Å². The first-order valence-electron chi connectivity index (χ1n) is 10.4. The lowest BCUT2D eigenvalue weighted by atomic mass is 10.1. The minimum atomic E-state index is -0.00822. The van der Waals surface area contributed by atoms with E-state index in [0.717, 1.165) is 42.1 Å². The summed E-state index contributed by atoms with van der Waals surface area (Å²) in [6.45, 7) is 5.92. The van der Waals surface area contributed by atoms with Crippen LogP contribution in [0, 0.1) is 13.8 Å². The first-order chi connectivity index (χ1) is 15.1. The molecule has 4 aromatic rings. The van der Waals surface area contributed by atoms with E-state index in [0.29, 0.717) is 18.6 Å². The number of hydrogen-bond acceptors (Lipinski definition) is 6. The van der Waals surface area contributed by atoms with Crippen molar-refractivity contribution in [3.63, 3.8) is 0 Å². The molecule has 0 saturated heterocycles. The average molecular weight is 433 g/mol. The van der Waals surface area contributed by atoms with Gasteiger partial charge in [0, 0.05) is 47.2 Å². The molecule has 0 atom stereocenters. The van der Waals surface area contributed by atoms with Crippen LogP contribution in [0.5, 0.6) is 0 Å². The molecule has 4 heterocycles. The van der Waals surface area contributed by atoms with Crippen molar-refractivity contribution in [1.82, 2.24) is 19.6 Å². The fourth-order valence-corrected chi connectivity index (χ4v) is 5.09. The summed E-state index contributed by atoms with van der Waals surface area (Å²) >= 11 is 1.85. The Hall–Kier alpha value is -3.26. The fraction of sp³-hybridized carbons (Fsp3) is 0.304. The number of nitrogens with one attached hydrogen (secondary N) is 1. The lowest BCUT2D eigenvalue weighted by Gasteiger charge is -2.29. The first-order valence-corrected chi connectivity index (χ1v) is 11.3. The van der Waals surface area contributed by atoms with Crippen molar-refractivity contribution in [2.45, 2.75) is 39.7 Å². The minimum absolute atomic E-state index is 0.00822. The molecule has 1 aromatic carbocycles. The Bertz CT molecular complexity index is 1240. The summed E-state index contributed by atoms with van der Waals surface area (Å²) in [5, 5.41) is 9.40. The van der Waals surface area contributed by atoms with E-state index in [-0.39, 0.29) is 5.91 Å². The van der Waals surface area contributed by atoms with E-state index in [2.05, 4.69) is 48.9 Å². The normalized spacial score (nSPS) is 13.4. The Balaban J connectivity index is 1.20. The average Bonchev–Trinajstić information content (AvgIpc) is 3.43. The van der Waals surface area contributed by atoms with Gasteiger partial charge >= 0.3 is 0 Å². The van der Waals surface area contributed by atoms with Crippen LogP contribution in [0.2, 0.25) is 0 Å². The van der Waals surface area contributed by atoms with Gasteiger partial charge in [-0.15, -0.1) is 11.3 Å². The quantitative estimate of drug-likeness (QED) is 0.517. The van der Waals surface area contributed by atoms with Crippen molar-refractivity contribution in [1.29, 1.82) is 0 Å². The lowest BCUT2D eigenvalue weighted by molar-refractivity contribution is -0.116. The predicted octanol–water partition coefficient (Wildman–Crippen LogP) is 3.94. The van der Waals surface area contributed by atoms with Gasteiger partial charge in [-0.1, -0.05) is 0 Å². The van der Waals surface area contributed by atoms with E-state index in [1.54, 1.807) is 4.52 Å². The van der Waals surface area contributed by atoms with Crippen molar-refractivity contribution in [3.05, 3.63) is 69.4 Å². The van der Waals surface area contributed by atoms with Gasteiger partial charge in [-0.2, -0.15) is 10.1 Å². The number of carbonyl (C=O) groups is 1. The summed E-state index contributed by atoms with van der Waals surface area (Å²) in [7, 11) is 0. The molecule has 0 unspecified atom stereocenters. The Labute approximate surface area is 184 Å². The van der Waals surface area contributed by atoms with Gasteiger partial charge in [0.1, 0.15) is 6.33 Å². The Morgan fingerprint density at radius 1 is 1.19 bits per heavy atom. The van der Waals surface area contributed by atoms with E-state index in [1.165, 1.54) is 22.5 Å². The van der Waals surface area contributed by atoms with Crippen LogP contribution in [0.15, 0.2) is 42.0 Å². The van der Waals surface area contributed by atoms with Gasteiger partial charge in [-0.05, 0) is 73.5 Å². The number of aryl methyl sites for hydroxylation is 2. The van der Waals surface area contributed by atoms with Gasteiger partial charge in [-0.3, -0.25) is 4.79 Å². The van der Waals surface area contributed by atoms with Crippen LogP contribution in [0.1, 0.15) is 33.8 Å². The number of thiophene rings is 1. The zero-order chi connectivity index (χ0) is 21.4. The highest BCUT2D eigenvalue weighted by molar-refractivity contribution is 7.10. The molecule has 31 heavy (non-hydrogen) atoms. The number of carbonyl (C=O) groups excluding carboxylic acids is 1. The van der Waals surface area contributed by atoms with Crippen molar-refractivity contribution in [2.75, 3.05) is 16.8 Å². The molecule has 1 aliphatic rings. The number of benzene rings is 1. The molecule has 3 aromatic heterocycles. The number of hydrogen-bond donors (Lipinski definition) is 1. The molecule has 1 amide bonds. The van der Waals surface area contributed by atoms with Crippen LogP contribution in [0.3, 0.4) is 0 Å². The van der Waals surface area contributed by atoms with Crippen LogP contribution >= 0.6 is 11.3 Å². The third-order valence-electron chi connectivity index (χ3n) is 5.91. The first kappa shape index (κ1) is 19.7. The standard InChI is InChI=1S/C23H24N6OS/c1-15-20(16(2)29-23(26-15)24-14-25-29)7-8-22(30)27-18-3-5-19(6-4-18)28-11-9-21-17(13-28)10-12-31-21/h3-6,10,12,14H,7-9,11,13H2,1-2H3,(H,27,30). The summed E-state index contributed by atoms with van der Waals surface area (Å²) in [5.41, 5.74) is 6.35. The SMILES string of the molecule is Cc1nc2ncnn2c(C)c1CCC(=O)Nc1ccc(N2CCc3sccc3C2)cc1. The molecule has 7 nitrogen and oxygen atoms in total. The highest BCUT2D eigenvalue weighted by Gasteiger charge is 2.17. The molecule has 0 fully saturated rings. The summed E-state index contributed by atoms with van der Waals surface area (Å²) in [6, 6.07) is 10.4. The summed E-state index contributed by atoms with van der Waals surface area (Å²) in [4.78, 5) is 25.0. The number of amides is 1. The van der Waals surface area contributed by atoms with Crippen LogP contribution in [-0.4, -0.2) is 32.0 Å². The maximum atomic E-state index is 12.5. The second-order valence-corrected chi connectivity index (χ2v) is 8.87. The van der Waals surface area contributed by atoms with E-state index in [9.17, 15) is 4.79 Å². The van der Waals surface area contributed by atoms with Gasteiger partial charge in [0.2, 0.25) is 5.91 Å². The van der Waals surface area contributed by atoms with Crippen molar-refractivity contribution in [2.24, 2.45) is 0 Å². The summed E-state index contributed by atoms with van der Waals surface area (Å²) < 4.78 is 1.72. The molecular weight excluding hydrogens is 408 g/mol. The smallest absolute Gasteiger partial charge is 0.252 e. The summed E-state index contributed by atoms with van der Waals surface area (Å²) in [5.74, 6) is 0.582. The topological polar surface area (TPSA) is 75.4 Å². The second kappa shape index (κ2) is 8.11. The number of fused-ring (bicyclic) bond motifs is 2. The summed E-state index contributed by atoms with van der Waals surface area (Å²) in [6.07, 6.45) is 3.59. The number of anilines is 2. The Morgan fingerprint density at radius 2 is 2.03 bits per heavy atom. The van der Waals surface area contributed by atoms with Crippen molar-refractivity contribution < 1.29 is 4.79 Å². The molecule has 1 aliphatic heterocycles. The van der Waals surface area contributed by atoms with Gasteiger partial charge < -0.3 is 10.2 Å². The predicted molar refractivity (Wildman–Crippen MR) is 123 cm³/mol. The highest BCUT2D eigenvalue weighted by Crippen LogP contribution is 2.28. The minimum Gasteiger partial charge on any atom is -0.367 e. The number of aromatic nitrogens is 4. The van der Waals surface area contributed by atoms with E-state index < -0.39 is 0 Å². The fourth-order valence-electron chi connectivity index (χ4n) is 4.20. The van der Waals surface area contributed by atoms with Crippen molar-refractivity contribution >= 4 is 34.4 Å². The molecule has 8 heteroatoms. The van der Waals surface area contributed by atoms with Gasteiger partial charge in [0.25, 0.3) is 5.78 Å². The molecule has 0 radical (unpaired) electrons. The molecule has 1 N–H and O–H groups in total. The Morgan fingerprint density at radius 3 is 2.87 bits per heavy atom.